The molecule has 1 atom stereocenters. The molecule has 5 heteroatoms. The normalized spacial score (nSPS) is 12.2. The first-order chi connectivity index (χ1) is 11.7. The molecule has 0 saturated carbocycles. The molecule has 5 nitrogen and oxygen atoms in total. The van der Waals surface area contributed by atoms with Crippen LogP contribution in [0.15, 0.2) is 54.9 Å². The van der Waals surface area contributed by atoms with Crippen LogP contribution in [0.3, 0.4) is 0 Å². The molecule has 0 radical (unpaired) electrons. The Labute approximate surface area is 141 Å². The lowest BCUT2D eigenvalue weighted by atomic mass is 10.1. The molecule has 0 fully saturated rings. The van der Waals surface area contributed by atoms with Crippen molar-refractivity contribution in [3.05, 3.63) is 66.1 Å². The van der Waals surface area contributed by atoms with Gasteiger partial charge in [-0.3, -0.25) is 9.78 Å². The van der Waals surface area contributed by atoms with Gasteiger partial charge in [-0.2, -0.15) is 0 Å². The Kier molecular flexibility index (Phi) is 4.91. The third-order valence-corrected chi connectivity index (χ3v) is 4.05. The molecule has 0 aliphatic rings. The van der Waals surface area contributed by atoms with Crippen molar-refractivity contribution in [3.63, 3.8) is 0 Å². The molecule has 24 heavy (non-hydrogen) atoms. The topological polar surface area (TPSA) is 56.1 Å². The summed E-state index contributed by atoms with van der Waals surface area (Å²) >= 11 is 0. The number of aromatic nitrogens is 2. The third kappa shape index (κ3) is 3.31. The average molecular weight is 323 g/mol. The molecule has 124 valence electrons. The van der Waals surface area contributed by atoms with Gasteiger partial charge in [0.25, 0.3) is 5.91 Å². The third-order valence-electron chi connectivity index (χ3n) is 4.05. The molecule has 0 aliphatic heterocycles. The first-order valence-electron chi connectivity index (χ1n) is 7.99. The van der Waals surface area contributed by atoms with Crippen LogP contribution in [0.1, 0.15) is 29.0 Å². The largest absolute Gasteiger partial charge is 0.383 e. The number of nitrogens with zero attached hydrogens (tertiary/aromatic N) is 2. The van der Waals surface area contributed by atoms with Gasteiger partial charge in [-0.15, -0.1) is 0 Å². The number of benzene rings is 1. The van der Waals surface area contributed by atoms with Crippen molar-refractivity contribution in [2.45, 2.75) is 19.5 Å². The van der Waals surface area contributed by atoms with E-state index >= 15 is 0 Å². The summed E-state index contributed by atoms with van der Waals surface area (Å²) in [7, 11) is 1.67. The number of amides is 1. The highest BCUT2D eigenvalue weighted by atomic mass is 16.5. The lowest BCUT2D eigenvalue weighted by molar-refractivity contribution is 0.0940. The van der Waals surface area contributed by atoms with Crippen LogP contribution in [0.2, 0.25) is 0 Å². The van der Waals surface area contributed by atoms with Crippen LogP contribution < -0.4 is 5.32 Å². The number of carbonyl (C=O) groups is 1. The van der Waals surface area contributed by atoms with E-state index in [1.807, 2.05) is 55.6 Å². The zero-order valence-electron chi connectivity index (χ0n) is 13.9. The summed E-state index contributed by atoms with van der Waals surface area (Å²) in [5.74, 6) is -0.0967. The minimum absolute atomic E-state index is 0.0967. The van der Waals surface area contributed by atoms with Gasteiger partial charge in [0.15, 0.2) is 0 Å². The molecular formula is C19H21N3O2. The Morgan fingerprint density at radius 2 is 2.04 bits per heavy atom. The van der Waals surface area contributed by atoms with E-state index in [0.717, 1.165) is 16.6 Å². The summed E-state index contributed by atoms with van der Waals surface area (Å²) < 4.78 is 7.21. The van der Waals surface area contributed by atoms with Crippen molar-refractivity contribution in [2.24, 2.45) is 0 Å². The van der Waals surface area contributed by atoms with E-state index in [-0.39, 0.29) is 11.9 Å². The molecular weight excluding hydrogens is 302 g/mol. The number of hydrogen-bond donors (Lipinski definition) is 1. The minimum atomic E-state index is -0.153. The van der Waals surface area contributed by atoms with Gasteiger partial charge in [-0.1, -0.05) is 24.3 Å². The Morgan fingerprint density at radius 1 is 1.25 bits per heavy atom. The van der Waals surface area contributed by atoms with Crippen molar-refractivity contribution < 1.29 is 9.53 Å². The van der Waals surface area contributed by atoms with Crippen molar-refractivity contribution in [1.29, 1.82) is 0 Å². The van der Waals surface area contributed by atoms with Crippen LogP contribution in [-0.2, 0) is 11.3 Å². The van der Waals surface area contributed by atoms with Crippen LogP contribution in [-0.4, -0.2) is 29.2 Å². The first kappa shape index (κ1) is 16.2. The molecule has 0 bridgehead atoms. The van der Waals surface area contributed by atoms with Crippen LogP contribution >= 0.6 is 0 Å². The van der Waals surface area contributed by atoms with Crippen LogP contribution in [0.4, 0.5) is 0 Å². The molecule has 1 aromatic carbocycles. The van der Waals surface area contributed by atoms with Gasteiger partial charge in [-0.05, 0) is 25.1 Å². The van der Waals surface area contributed by atoms with Gasteiger partial charge in [-0.25, -0.2) is 0 Å². The molecule has 1 amide bonds. The monoisotopic (exact) mass is 323 g/mol. The van der Waals surface area contributed by atoms with E-state index < -0.39 is 0 Å². The predicted octanol–water partition coefficient (Wildman–Crippen LogP) is 3.17. The molecule has 0 aliphatic carbocycles. The van der Waals surface area contributed by atoms with Crippen molar-refractivity contribution in [2.75, 3.05) is 13.7 Å². The molecule has 1 unspecified atom stereocenters. The van der Waals surface area contributed by atoms with Gasteiger partial charge < -0.3 is 14.6 Å². The lowest BCUT2D eigenvalue weighted by Crippen LogP contribution is -2.27. The van der Waals surface area contributed by atoms with Crippen LogP contribution in [0, 0.1) is 0 Å². The lowest BCUT2D eigenvalue weighted by Gasteiger charge is -2.12. The fourth-order valence-electron chi connectivity index (χ4n) is 2.78. The molecule has 0 saturated heterocycles. The second kappa shape index (κ2) is 7.27. The number of hydrogen-bond acceptors (Lipinski definition) is 3. The Balaban J connectivity index is 1.87. The quantitative estimate of drug-likeness (QED) is 0.758. The summed E-state index contributed by atoms with van der Waals surface area (Å²) in [6.45, 7) is 3.24. The van der Waals surface area contributed by atoms with Crippen LogP contribution in [0.25, 0.3) is 10.9 Å². The maximum atomic E-state index is 12.7. The van der Waals surface area contributed by atoms with E-state index in [2.05, 4.69) is 14.9 Å². The van der Waals surface area contributed by atoms with Crippen molar-refractivity contribution in [1.82, 2.24) is 14.9 Å². The average Bonchev–Trinajstić information content (AvgIpc) is 2.99. The Morgan fingerprint density at radius 3 is 2.79 bits per heavy atom. The summed E-state index contributed by atoms with van der Waals surface area (Å²) in [5.41, 5.74) is 2.55. The van der Waals surface area contributed by atoms with E-state index in [4.69, 9.17) is 4.74 Å². The van der Waals surface area contributed by atoms with Gasteiger partial charge in [0.1, 0.15) is 0 Å². The van der Waals surface area contributed by atoms with Gasteiger partial charge in [0, 0.05) is 37.0 Å². The molecule has 1 N–H and O–H groups in total. The number of para-hydroxylation sites is 1. The zero-order valence-corrected chi connectivity index (χ0v) is 13.9. The number of ether oxygens (including phenoxy) is 1. The fraction of sp³-hybridized carbons (Fsp3) is 0.263. The number of rotatable bonds is 6. The minimum Gasteiger partial charge on any atom is -0.383 e. The Bertz CT molecular complexity index is 827. The molecule has 3 aromatic rings. The highest BCUT2D eigenvalue weighted by Crippen LogP contribution is 2.22. The van der Waals surface area contributed by atoms with Gasteiger partial charge in [0.05, 0.1) is 23.9 Å². The number of nitrogens with one attached hydrogen (secondary N) is 1. The smallest absolute Gasteiger partial charge is 0.253 e. The van der Waals surface area contributed by atoms with E-state index in [1.54, 1.807) is 13.3 Å². The first-order valence-corrected chi connectivity index (χ1v) is 7.99. The number of pyridine rings is 1. The number of fused-ring (bicyclic) bond motifs is 1. The fourth-order valence-corrected chi connectivity index (χ4v) is 2.78. The van der Waals surface area contributed by atoms with Crippen LogP contribution in [0.5, 0.6) is 0 Å². The van der Waals surface area contributed by atoms with E-state index in [9.17, 15) is 4.79 Å². The predicted molar refractivity (Wildman–Crippen MR) is 93.9 cm³/mol. The summed E-state index contributed by atoms with van der Waals surface area (Å²) in [4.78, 5) is 17.0. The maximum Gasteiger partial charge on any atom is 0.253 e. The molecule has 2 heterocycles. The van der Waals surface area contributed by atoms with Crippen molar-refractivity contribution >= 4 is 16.8 Å². The SMILES string of the molecule is COCCn1cc(C(=O)NC(C)c2ccccn2)c2ccccc21. The Hall–Kier alpha value is -2.66. The highest BCUT2D eigenvalue weighted by molar-refractivity contribution is 6.07. The van der Waals surface area contributed by atoms with E-state index in [1.165, 1.54) is 0 Å². The summed E-state index contributed by atoms with van der Waals surface area (Å²) in [6.07, 6.45) is 3.62. The van der Waals surface area contributed by atoms with Gasteiger partial charge >= 0.3 is 0 Å². The number of carbonyl (C=O) groups excluding carboxylic acids is 1. The van der Waals surface area contributed by atoms with E-state index in [0.29, 0.717) is 18.7 Å². The highest BCUT2D eigenvalue weighted by Gasteiger charge is 2.17. The van der Waals surface area contributed by atoms with Gasteiger partial charge in [0.2, 0.25) is 0 Å². The summed E-state index contributed by atoms with van der Waals surface area (Å²) in [6, 6.07) is 13.4. The number of methoxy groups -OCH3 is 1. The second-order valence-corrected chi connectivity index (χ2v) is 5.70. The standard InChI is InChI=1S/C19H21N3O2/c1-14(17-8-5-6-10-20-17)21-19(23)16-13-22(11-12-24-2)18-9-4-3-7-15(16)18/h3-10,13-14H,11-12H2,1-2H3,(H,21,23). The maximum absolute atomic E-state index is 12.7. The molecule has 0 spiro atoms. The van der Waals surface area contributed by atoms with Crippen molar-refractivity contribution in [3.8, 4) is 0 Å². The molecule has 2 aromatic heterocycles. The summed E-state index contributed by atoms with van der Waals surface area (Å²) in [5, 5.41) is 3.97. The second-order valence-electron chi connectivity index (χ2n) is 5.70. The zero-order chi connectivity index (χ0) is 16.9. The molecule has 3 rings (SSSR count).